The van der Waals surface area contributed by atoms with E-state index in [1.165, 1.54) is 12.1 Å². The molecule has 1 saturated heterocycles. The summed E-state index contributed by atoms with van der Waals surface area (Å²) in [5.74, 6) is 0.836. The average Bonchev–Trinajstić information content (AvgIpc) is 3.23. The minimum Gasteiger partial charge on any atom is -0.336 e. The first kappa shape index (κ1) is 21.0. The van der Waals surface area contributed by atoms with E-state index in [1.807, 2.05) is 34.5 Å². The van der Waals surface area contributed by atoms with Crippen LogP contribution in [0.1, 0.15) is 22.3 Å². The molecular formula is C23H24FN3OS2. The standard InChI is InChI=1S/C23H24FN3OS2/c1-2-29-21-6-4-3-5-19(21)23(28)27-13-11-26(12-14-27)15-22-25-20(16-30-22)17-7-9-18(24)10-8-17/h3-10,16H,2,11-15H2,1H3. The predicted molar refractivity (Wildman–Crippen MR) is 122 cm³/mol. The molecule has 30 heavy (non-hydrogen) atoms. The summed E-state index contributed by atoms with van der Waals surface area (Å²) in [5.41, 5.74) is 2.62. The molecule has 156 valence electrons. The Labute approximate surface area is 184 Å². The fourth-order valence-corrected chi connectivity index (χ4v) is 5.17. The highest BCUT2D eigenvalue weighted by Crippen LogP contribution is 2.25. The van der Waals surface area contributed by atoms with Crippen LogP contribution in [0.4, 0.5) is 4.39 Å². The lowest BCUT2D eigenvalue weighted by molar-refractivity contribution is 0.0625. The third kappa shape index (κ3) is 4.91. The molecule has 3 aromatic rings. The zero-order valence-electron chi connectivity index (χ0n) is 16.9. The number of thioether (sulfide) groups is 1. The van der Waals surface area contributed by atoms with Crippen LogP contribution in [0.15, 0.2) is 58.8 Å². The van der Waals surface area contributed by atoms with Gasteiger partial charge in [-0.3, -0.25) is 9.69 Å². The van der Waals surface area contributed by atoms with Gasteiger partial charge in [-0.2, -0.15) is 0 Å². The maximum atomic E-state index is 13.1. The van der Waals surface area contributed by atoms with Gasteiger partial charge in [0.05, 0.1) is 17.8 Å². The van der Waals surface area contributed by atoms with Crippen LogP contribution in [0.25, 0.3) is 11.3 Å². The summed E-state index contributed by atoms with van der Waals surface area (Å²) in [7, 11) is 0. The number of piperazine rings is 1. The number of benzene rings is 2. The van der Waals surface area contributed by atoms with Crippen molar-refractivity contribution in [2.24, 2.45) is 0 Å². The molecule has 1 aliphatic heterocycles. The number of nitrogens with zero attached hydrogens (tertiary/aromatic N) is 3. The van der Waals surface area contributed by atoms with Gasteiger partial charge in [0.15, 0.2) is 0 Å². The molecule has 0 saturated carbocycles. The summed E-state index contributed by atoms with van der Waals surface area (Å²) in [5, 5.41) is 3.06. The fraction of sp³-hybridized carbons (Fsp3) is 0.304. The summed E-state index contributed by atoms with van der Waals surface area (Å²) in [6, 6.07) is 14.3. The smallest absolute Gasteiger partial charge is 0.255 e. The first-order valence-corrected chi connectivity index (χ1v) is 11.9. The van der Waals surface area contributed by atoms with Gasteiger partial charge in [-0.05, 0) is 42.2 Å². The summed E-state index contributed by atoms with van der Waals surface area (Å²) in [6.07, 6.45) is 0. The average molecular weight is 442 g/mol. The molecule has 1 amide bonds. The van der Waals surface area contributed by atoms with Gasteiger partial charge < -0.3 is 4.90 Å². The van der Waals surface area contributed by atoms with E-state index in [1.54, 1.807) is 35.2 Å². The van der Waals surface area contributed by atoms with Crippen molar-refractivity contribution in [3.05, 3.63) is 70.3 Å². The lowest BCUT2D eigenvalue weighted by atomic mass is 10.2. The van der Waals surface area contributed by atoms with Crippen LogP contribution in [-0.2, 0) is 6.54 Å². The van der Waals surface area contributed by atoms with Gasteiger partial charge in [-0.1, -0.05) is 19.1 Å². The third-order valence-corrected chi connectivity index (χ3v) is 6.92. The molecule has 0 radical (unpaired) electrons. The molecular weight excluding hydrogens is 417 g/mol. The molecule has 2 heterocycles. The van der Waals surface area contributed by atoms with Crippen molar-refractivity contribution >= 4 is 29.0 Å². The Morgan fingerprint density at radius 1 is 1.10 bits per heavy atom. The second kappa shape index (κ2) is 9.73. The number of hydrogen-bond acceptors (Lipinski definition) is 5. The van der Waals surface area contributed by atoms with Crippen LogP contribution in [-0.4, -0.2) is 52.6 Å². The van der Waals surface area contributed by atoms with Crippen LogP contribution >= 0.6 is 23.1 Å². The zero-order chi connectivity index (χ0) is 20.9. The molecule has 1 aromatic heterocycles. The van der Waals surface area contributed by atoms with E-state index in [2.05, 4.69) is 11.8 Å². The molecule has 4 nitrogen and oxygen atoms in total. The third-order valence-electron chi connectivity index (χ3n) is 5.13. The molecule has 0 spiro atoms. The van der Waals surface area contributed by atoms with Crippen LogP contribution in [0.3, 0.4) is 0 Å². The van der Waals surface area contributed by atoms with Gasteiger partial charge >= 0.3 is 0 Å². The zero-order valence-corrected chi connectivity index (χ0v) is 18.5. The Balaban J connectivity index is 1.34. The topological polar surface area (TPSA) is 36.4 Å². The molecule has 2 aromatic carbocycles. The van der Waals surface area contributed by atoms with Crippen LogP contribution in [0, 0.1) is 5.82 Å². The lowest BCUT2D eigenvalue weighted by Gasteiger charge is -2.34. The van der Waals surface area contributed by atoms with E-state index in [0.717, 1.165) is 65.2 Å². The molecule has 0 unspecified atom stereocenters. The van der Waals surface area contributed by atoms with E-state index < -0.39 is 0 Å². The number of aromatic nitrogens is 1. The predicted octanol–water partition coefficient (Wildman–Crippen LogP) is 5.02. The molecule has 0 N–H and O–H groups in total. The number of halogens is 1. The largest absolute Gasteiger partial charge is 0.336 e. The number of thiazole rings is 1. The van der Waals surface area contributed by atoms with Crippen molar-refractivity contribution in [3.8, 4) is 11.3 Å². The number of rotatable bonds is 6. The maximum absolute atomic E-state index is 13.1. The van der Waals surface area contributed by atoms with E-state index in [-0.39, 0.29) is 11.7 Å². The van der Waals surface area contributed by atoms with Crippen molar-refractivity contribution < 1.29 is 9.18 Å². The molecule has 0 atom stereocenters. The number of carbonyl (C=O) groups is 1. The van der Waals surface area contributed by atoms with Crippen molar-refractivity contribution in [2.45, 2.75) is 18.4 Å². The van der Waals surface area contributed by atoms with Gasteiger partial charge in [0.2, 0.25) is 0 Å². The number of hydrogen-bond donors (Lipinski definition) is 0. The van der Waals surface area contributed by atoms with Gasteiger partial charge in [0.25, 0.3) is 5.91 Å². The quantitative estimate of drug-likeness (QED) is 0.504. The van der Waals surface area contributed by atoms with E-state index in [9.17, 15) is 9.18 Å². The van der Waals surface area contributed by atoms with Gasteiger partial charge in [0, 0.05) is 42.0 Å². The van der Waals surface area contributed by atoms with E-state index in [4.69, 9.17) is 4.98 Å². The van der Waals surface area contributed by atoms with Crippen molar-refractivity contribution in [2.75, 3.05) is 31.9 Å². The van der Waals surface area contributed by atoms with Crippen molar-refractivity contribution in [1.82, 2.24) is 14.8 Å². The Kier molecular flexibility index (Phi) is 6.82. The highest BCUT2D eigenvalue weighted by molar-refractivity contribution is 7.99. The molecule has 4 rings (SSSR count). The molecule has 7 heteroatoms. The highest BCUT2D eigenvalue weighted by atomic mass is 32.2. The Hall–Kier alpha value is -2.22. The monoisotopic (exact) mass is 441 g/mol. The summed E-state index contributed by atoms with van der Waals surface area (Å²) in [4.78, 5) is 23.1. The lowest BCUT2D eigenvalue weighted by Crippen LogP contribution is -2.48. The molecule has 0 aliphatic carbocycles. The fourth-order valence-electron chi connectivity index (χ4n) is 3.53. The van der Waals surface area contributed by atoms with E-state index in [0.29, 0.717) is 0 Å². The Morgan fingerprint density at radius 2 is 1.83 bits per heavy atom. The SMILES string of the molecule is CCSc1ccccc1C(=O)N1CCN(Cc2nc(-c3ccc(F)cc3)cs2)CC1. The molecule has 0 bridgehead atoms. The van der Waals surface area contributed by atoms with Gasteiger partial charge in [-0.15, -0.1) is 23.1 Å². The van der Waals surface area contributed by atoms with Gasteiger partial charge in [0.1, 0.15) is 10.8 Å². The summed E-state index contributed by atoms with van der Waals surface area (Å²) >= 11 is 3.34. The summed E-state index contributed by atoms with van der Waals surface area (Å²) < 4.78 is 13.1. The van der Waals surface area contributed by atoms with Crippen molar-refractivity contribution in [1.29, 1.82) is 0 Å². The minimum atomic E-state index is -0.238. The van der Waals surface area contributed by atoms with E-state index >= 15 is 0 Å². The Morgan fingerprint density at radius 3 is 2.57 bits per heavy atom. The normalized spacial score (nSPS) is 14.8. The second-order valence-electron chi connectivity index (χ2n) is 7.13. The number of amides is 1. The second-order valence-corrected chi connectivity index (χ2v) is 9.38. The van der Waals surface area contributed by atoms with Crippen LogP contribution in [0.2, 0.25) is 0 Å². The number of carbonyl (C=O) groups excluding carboxylic acids is 1. The van der Waals surface area contributed by atoms with Crippen LogP contribution < -0.4 is 0 Å². The first-order chi connectivity index (χ1) is 14.6. The molecule has 1 aliphatic rings. The van der Waals surface area contributed by atoms with Crippen LogP contribution in [0.5, 0.6) is 0 Å². The van der Waals surface area contributed by atoms with Gasteiger partial charge in [-0.25, -0.2) is 9.37 Å². The Bertz CT molecular complexity index is 998. The summed E-state index contributed by atoms with van der Waals surface area (Å²) in [6.45, 7) is 5.99. The first-order valence-electron chi connectivity index (χ1n) is 10.1. The minimum absolute atomic E-state index is 0.124. The highest BCUT2D eigenvalue weighted by Gasteiger charge is 2.24. The van der Waals surface area contributed by atoms with Crippen molar-refractivity contribution in [3.63, 3.8) is 0 Å². The maximum Gasteiger partial charge on any atom is 0.255 e. The molecule has 1 fully saturated rings.